The second-order valence-corrected chi connectivity index (χ2v) is 9.36. The number of aryl methyl sites for hydroxylation is 1. The molecular weight excluding hydrogens is 468 g/mol. The molecule has 2 saturated heterocycles. The average molecular weight is 490 g/mol. The van der Waals surface area contributed by atoms with Crippen LogP contribution in [0.15, 0.2) is 16.9 Å². The van der Waals surface area contributed by atoms with Gasteiger partial charge in [0.2, 0.25) is 5.88 Å². The fourth-order valence-electron chi connectivity index (χ4n) is 5.79. The molecule has 5 heterocycles. The summed E-state index contributed by atoms with van der Waals surface area (Å²) < 4.78 is 63.8. The number of hydrogen-bond acceptors (Lipinski definition) is 7. The minimum atomic E-state index is -4.78. The zero-order valence-electron chi connectivity index (χ0n) is 18.7. The fraction of sp³-hybridized carbons (Fsp3) is 0.435. The maximum Gasteiger partial charge on any atom is 0.417 e. The first kappa shape index (κ1) is 22.1. The first-order chi connectivity index (χ1) is 16.6. The number of hydrogen-bond donors (Lipinski definition) is 3. The van der Waals surface area contributed by atoms with Crippen molar-refractivity contribution in [2.24, 2.45) is 0 Å². The van der Waals surface area contributed by atoms with E-state index in [0.29, 0.717) is 13.0 Å². The van der Waals surface area contributed by atoms with Crippen molar-refractivity contribution in [2.45, 2.75) is 50.5 Å². The zero-order valence-corrected chi connectivity index (χ0v) is 18.7. The van der Waals surface area contributed by atoms with Gasteiger partial charge in [0.15, 0.2) is 5.82 Å². The lowest BCUT2D eigenvalue weighted by atomic mass is 9.96. The minimum Gasteiger partial charge on any atom is -0.477 e. The number of piperazine rings is 1. The van der Waals surface area contributed by atoms with Gasteiger partial charge in [0, 0.05) is 42.3 Å². The SMILES string of the molecule is Cc1cc(N)cc(-c2nc3c4c(nc(=O)[nH]c4c2F)N2C[C@H]4CC[C@H](N4)[C@H]2CCO3)c1C(F)(F)F. The van der Waals surface area contributed by atoms with Crippen LogP contribution in [0.2, 0.25) is 0 Å². The largest absolute Gasteiger partial charge is 0.477 e. The summed E-state index contributed by atoms with van der Waals surface area (Å²) in [6, 6.07) is 2.57. The Hall–Kier alpha value is -3.41. The van der Waals surface area contributed by atoms with Gasteiger partial charge < -0.3 is 25.7 Å². The third-order valence-electron chi connectivity index (χ3n) is 7.15. The van der Waals surface area contributed by atoms with Crippen LogP contribution in [-0.4, -0.2) is 46.2 Å². The van der Waals surface area contributed by atoms with E-state index in [1.54, 1.807) is 0 Å². The zero-order chi connectivity index (χ0) is 24.6. The molecule has 3 aliphatic heterocycles. The number of benzene rings is 1. The van der Waals surface area contributed by atoms with Crippen LogP contribution in [-0.2, 0) is 6.18 Å². The van der Waals surface area contributed by atoms with Gasteiger partial charge in [-0.15, -0.1) is 0 Å². The molecule has 6 rings (SSSR count). The molecule has 0 unspecified atom stereocenters. The van der Waals surface area contributed by atoms with Crippen LogP contribution >= 0.6 is 0 Å². The fourth-order valence-corrected chi connectivity index (χ4v) is 5.79. The number of aromatic nitrogens is 3. The smallest absolute Gasteiger partial charge is 0.417 e. The number of nitrogens with one attached hydrogen (secondary N) is 2. The Morgan fingerprint density at radius 1 is 1.20 bits per heavy atom. The van der Waals surface area contributed by atoms with Crippen molar-refractivity contribution in [1.29, 1.82) is 0 Å². The first-order valence-corrected chi connectivity index (χ1v) is 11.4. The maximum atomic E-state index is 16.0. The quantitative estimate of drug-likeness (QED) is 0.355. The molecule has 0 amide bonds. The summed E-state index contributed by atoms with van der Waals surface area (Å²) in [5, 5.41) is 3.71. The van der Waals surface area contributed by atoms with E-state index in [4.69, 9.17) is 10.5 Å². The number of anilines is 2. The number of nitrogen functional groups attached to an aromatic ring is 1. The summed E-state index contributed by atoms with van der Waals surface area (Å²) in [7, 11) is 0. The van der Waals surface area contributed by atoms with Gasteiger partial charge in [0.05, 0.1) is 17.7 Å². The van der Waals surface area contributed by atoms with E-state index in [1.165, 1.54) is 13.0 Å². The van der Waals surface area contributed by atoms with Crippen molar-refractivity contribution in [3.8, 4) is 17.1 Å². The molecule has 3 aliphatic rings. The van der Waals surface area contributed by atoms with Gasteiger partial charge in [-0.3, -0.25) is 0 Å². The van der Waals surface area contributed by atoms with Gasteiger partial charge in [-0.05, 0) is 37.5 Å². The maximum absolute atomic E-state index is 16.0. The van der Waals surface area contributed by atoms with Gasteiger partial charge >= 0.3 is 11.9 Å². The van der Waals surface area contributed by atoms with E-state index in [-0.39, 0.29) is 58.6 Å². The molecule has 35 heavy (non-hydrogen) atoms. The molecule has 2 bridgehead atoms. The number of nitrogens with zero attached hydrogens (tertiary/aromatic N) is 3. The molecule has 184 valence electrons. The molecule has 2 aromatic heterocycles. The van der Waals surface area contributed by atoms with Gasteiger partial charge in [-0.25, -0.2) is 14.2 Å². The summed E-state index contributed by atoms with van der Waals surface area (Å²) in [5.41, 5.74) is 2.42. The van der Waals surface area contributed by atoms with Crippen molar-refractivity contribution in [3.05, 3.63) is 39.6 Å². The van der Waals surface area contributed by atoms with Crippen LogP contribution < -0.4 is 26.4 Å². The van der Waals surface area contributed by atoms with E-state index in [0.717, 1.165) is 18.9 Å². The molecule has 1 aromatic carbocycles. The topological polar surface area (TPSA) is 109 Å². The molecule has 0 radical (unpaired) electrons. The number of pyridine rings is 1. The number of H-pyrrole nitrogens is 1. The third-order valence-corrected chi connectivity index (χ3v) is 7.15. The van der Waals surface area contributed by atoms with E-state index in [9.17, 15) is 18.0 Å². The average Bonchev–Trinajstić information content (AvgIpc) is 3.15. The highest BCUT2D eigenvalue weighted by Crippen LogP contribution is 2.44. The standard InChI is InChI=1S/C23H22F4N6O2/c1-9-6-10(28)7-12(16(9)23(25,26)27)18-17(24)19-15-20(32-22(34)31-19)33-8-11-2-3-13(29-11)14(33)4-5-35-21(15)30-18/h6-7,11,13-14,29H,2-5,8,28H2,1H3,(H,31,32,34)/t11-,13+,14-/m1/s1. The van der Waals surface area contributed by atoms with Crippen LogP contribution in [0.5, 0.6) is 5.88 Å². The number of halogens is 4. The highest BCUT2D eigenvalue weighted by molar-refractivity contribution is 5.97. The van der Waals surface area contributed by atoms with Crippen molar-refractivity contribution in [1.82, 2.24) is 20.3 Å². The molecule has 12 heteroatoms. The Labute approximate surface area is 196 Å². The monoisotopic (exact) mass is 490 g/mol. The van der Waals surface area contributed by atoms with E-state index < -0.39 is 34.5 Å². The molecule has 8 nitrogen and oxygen atoms in total. The van der Waals surface area contributed by atoms with Crippen LogP contribution in [0.1, 0.15) is 30.4 Å². The summed E-state index contributed by atoms with van der Waals surface area (Å²) in [6.07, 6.45) is -2.27. The second kappa shape index (κ2) is 7.54. The van der Waals surface area contributed by atoms with Crippen LogP contribution in [0.3, 0.4) is 0 Å². The predicted molar refractivity (Wildman–Crippen MR) is 121 cm³/mol. The van der Waals surface area contributed by atoms with Gasteiger partial charge in [0.25, 0.3) is 0 Å². The number of aromatic amines is 1. The minimum absolute atomic E-state index is 0.0180. The van der Waals surface area contributed by atoms with Crippen LogP contribution in [0.4, 0.5) is 29.1 Å². The molecule has 0 saturated carbocycles. The van der Waals surface area contributed by atoms with Gasteiger partial charge in [-0.2, -0.15) is 18.2 Å². The molecule has 3 atom stereocenters. The normalized spacial score (nSPS) is 23.6. The molecule has 4 N–H and O–H groups in total. The first-order valence-electron chi connectivity index (χ1n) is 11.4. The van der Waals surface area contributed by atoms with Gasteiger partial charge in [-0.1, -0.05) is 0 Å². The lowest BCUT2D eigenvalue weighted by molar-refractivity contribution is -0.137. The predicted octanol–water partition coefficient (Wildman–Crippen LogP) is 3.13. The molecule has 3 aromatic rings. The number of fused-ring (bicyclic) bond motifs is 5. The van der Waals surface area contributed by atoms with E-state index >= 15 is 4.39 Å². The molecular formula is C23H22F4N6O2. The summed E-state index contributed by atoms with van der Waals surface area (Å²) in [4.78, 5) is 25.3. The number of alkyl halides is 3. The summed E-state index contributed by atoms with van der Waals surface area (Å²) >= 11 is 0. The lowest BCUT2D eigenvalue weighted by Crippen LogP contribution is -2.59. The number of rotatable bonds is 1. The Morgan fingerprint density at radius 2 is 2.00 bits per heavy atom. The molecule has 0 aliphatic carbocycles. The summed E-state index contributed by atoms with van der Waals surface area (Å²) in [6.45, 7) is 2.04. The summed E-state index contributed by atoms with van der Waals surface area (Å²) in [5.74, 6) is -0.939. The van der Waals surface area contributed by atoms with Crippen molar-refractivity contribution < 1.29 is 22.3 Å². The lowest BCUT2D eigenvalue weighted by Gasteiger charge is -2.43. The third kappa shape index (κ3) is 3.41. The molecule has 0 spiro atoms. The second-order valence-electron chi connectivity index (χ2n) is 9.36. The highest BCUT2D eigenvalue weighted by Gasteiger charge is 2.43. The van der Waals surface area contributed by atoms with Crippen molar-refractivity contribution >= 4 is 22.4 Å². The van der Waals surface area contributed by atoms with Crippen LogP contribution in [0.25, 0.3) is 22.2 Å². The highest BCUT2D eigenvalue weighted by atomic mass is 19.4. The number of nitrogens with two attached hydrogens (primary N) is 1. The Kier molecular flexibility index (Phi) is 4.76. The van der Waals surface area contributed by atoms with E-state index in [1.807, 2.05) is 4.90 Å². The Balaban J connectivity index is 1.64. The Bertz CT molecular complexity index is 1420. The Morgan fingerprint density at radius 3 is 2.77 bits per heavy atom. The molecule has 2 fully saturated rings. The van der Waals surface area contributed by atoms with Gasteiger partial charge in [0.1, 0.15) is 16.9 Å². The van der Waals surface area contributed by atoms with Crippen molar-refractivity contribution in [3.63, 3.8) is 0 Å². The number of ether oxygens (including phenoxy) is 1. The van der Waals surface area contributed by atoms with E-state index in [2.05, 4.69) is 20.3 Å². The van der Waals surface area contributed by atoms with Crippen molar-refractivity contribution in [2.75, 3.05) is 23.8 Å². The van der Waals surface area contributed by atoms with Crippen LogP contribution in [0, 0.1) is 12.7 Å².